The Morgan fingerprint density at radius 3 is 2.76 bits per heavy atom. The van der Waals surface area contributed by atoms with Crippen molar-refractivity contribution in [3.05, 3.63) is 18.2 Å². The smallest absolute Gasteiger partial charge is 0.123 e. The summed E-state index contributed by atoms with van der Waals surface area (Å²) in [5.41, 5.74) is 8.11. The van der Waals surface area contributed by atoms with Crippen molar-refractivity contribution >= 4 is 11.4 Å². The van der Waals surface area contributed by atoms with E-state index in [1.807, 2.05) is 6.07 Å². The number of benzene rings is 1. The predicted octanol–water partition coefficient (Wildman–Crippen LogP) is 4.07. The van der Waals surface area contributed by atoms with Gasteiger partial charge >= 0.3 is 0 Å². The summed E-state index contributed by atoms with van der Waals surface area (Å²) >= 11 is 0. The minimum atomic E-state index is 0.758. The molecule has 3 heteroatoms. The van der Waals surface area contributed by atoms with Crippen LogP contribution in [0.4, 0.5) is 11.4 Å². The summed E-state index contributed by atoms with van der Waals surface area (Å²) in [4.78, 5) is 2.52. The van der Waals surface area contributed by atoms with Crippen LogP contribution in [-0.4, -0.2) is 19.7 Å². The Bertz CT molecular complexity index is 474. The van der Waals surface area contributed by atoms with Crippen LogP contribution in [0.1, 0.15) is 45.4 Å². The molecule has 2 N–H and O–H groups in total. The second kappa shape index (κ2) is 6.59. The molecule has 2 aliphatic rings. The molecule has 1 aromatic rings. The highest BCUT2D eigenvalue weighted by atomic mass is 16.5. The van der Waals surface area contributed by atoms with Crippen LogP contribution in [0.2, 0.25) is 0 Å². The molecule has 1 aromatic carbocycles. The van der Waals surface area contributed by atoms with Crippen LogP contribution < -0.4 is 15.4 Å². The van der Waals surface area contributed by atoms with E-state index >= 15 is 0 Å². The van der Waals surface area contributed by atoms with E-state index in [-0.39, 0.29) is 0 Å². The van der Waals surface area contributed by atoms with E-state index in [9.17, 15) is 0 Å². The third-order valence-electron chi connectivity index (χ3n) is 5.04. The number of nitrogens with two attached hydrogens (primary N) is 1. The third kappa shape index (κ3) is 3.45. The Balaban J connectivity index is 1.72. The minimum absolute atomic E-state index is 0.758. The van der Waals surface area contributed by atoms with Gasteiger partial charge in [0.1, 0.15) is 5.75 Å². The van der Waals surface area contributed by atoms with Crippen LogP contribution in [0.15, 0.2) is 18.2 Å². The zero-order valence-electron chi connectivity index (χ0n) is 13.2. The lowest BCUT2D eigenvalue weighted by molar-refractivity contribution is 0.202. The van der Waals surface area contributed by atoms with Crippen LogP contribution in [0, 0.1) is 11.8 Å². The monoisotopic (exact) mass is 288 g/mol. The van der Waals surface area contributed by atoms with Gasteiger partial charge in [0.2, 0.25) is 0 Å². The molecule has 116 valence electrons. The SMILES string of the molecule is CCCOc1cc(N)cc(N2CCC3CCCCC3C2)c1. The number of piperidine rings is 1. The molecule has 0 radical (unpaired) electrons. The van der Waals surface area contributed by atoms with Gasteiger partial charge in [-0.15, -0.1) is 0 Å². The summed E-state index contributed by atoms with van der Waals surface area (Å²) < 4.78 is 5.77. The molecule has 0 spiro atoms. The van der Waals surface area contributed by atoms with E-state index in [1.165, 1.54) is 44.3 Å². The van der Waals surface area contributed by atoms with Crippen molar-refractivity contribution in [2.75, 3.05) is 30.3 Å². The summed E-state index contributed by atoms with van der Waals surface area (Å²) in [6.45, 7) is 5.24. The average molecular weight is 288 g/mol. The lowest BCUT2D eigenvalue weighted by Gasteiger charge is -2.42. The lowest BCUT2D eigenvalue weighted by Crippen LogP contribution is -2.41. The molecule has 1 saturated heterocycles. The number of anilines is 2. The van der Waals surface area contributed by atoms with Crippen molar-refractivity contribution in [3.63, 3.8) is 0 Å². The third-order valence-corrected chi connectivity index (χ3v) is 5.04. The van der Waals surface area contributed by atoms with Crippen molar-refractivity contribution in [2.24, 2.45) is 11.8 Å². The fourth-order valence-electron chi connectivity index (χ4n) is 3.93. The number of fused-ring (bicyclic) bond motifs is 1. The summed E-state index contributed by atoms with van der Waals surface area (Å²) in [6.07, 6.45) is 8.07. The van der Waals surface area contributed by atoms with Crippen molar-refractivity contribution in [2.45, 2.75) is 45.4 Å². The molecule has 1 heterocycles. The quantitative estimate of drug-likeness (QED) is 0.849. The highest BCUT2D eigenvalue weighted by Crippen LogP contribution is 2.38. The Hall–Kier alpha value is -1.38. The second-order valence-corrected chi connectivity index (χ2v) is 6.65. The fourth-order valence-corrected chi connectivity index (χ4v) is 3.93. The van der Waals surface area contributed by atoms with Gasteiger partial charge in [-0.3, -0.25) is 0 Å². The Morgan fingerprint density at radius 2 is 1.95 bits per heavy atom. The molecule has 0 bridgehead atoms. The average Bonchev–Trinajstić information content (AvgIpc) is 2.52. The minimum Gasteiger partial charge on any atom is -0.493 e. The topological polar surface area (TPSA) is 38.5 Å². The van der Waals surface area contributed by atoms with Gasteiger partial charge in [0.25, 0.3) is 0 Å². The standard InChI is InChI=1S/C18H28N2O/c1-2-9-21-18-11-16(19)10-17(12-18)20-8-7-14-5-3-4-6-15(14)13-20/h10-12,14-15H,2-9,13,19H2,1H3. The summed E-state index contributed by atoms with van der Waals surface area (Å²) in [5, 5.41) is 0. The van der Waals surface area contributed by atoms with Crippen LogP contribution >= 0.6 is 0 Å². The first-order chi connectivity index (χ1) is 10.3. The molecule has 2 unspecified atom stereocenters. The first-order valence-electron chi connectivity index (χ1n) is 8.54. The number of hydrogen-bond donors (Lipinski definition) is 1. The van der Waals surface area contributed by atoms with E-state index in [0.717, 1.165) is 42.8 Å². The van der Waals surface area contributed by atoms with Crippen LogP contribution in [0.5, 0.6) is 5.75 Å². The molecule has 0 amide bonds. The molecule has 21 heavy (non-hydrogen) atoms. The normalized spacial score (nSPS) is 25.5. The van der Waals surface area contributed by atoms with Gasteiger partial charge in [0.15, 0.2) is 0 Å². The Morgan fingerprint density at radius 1 is 1.14 bits per heavy atom. The number of ether oxygens (including phenoxy) is 1. The highest BCUT2D eigenvalue weighted by Gasteiger charge is 2.31. The Kier molecular flexibility index (Phi) is 4.57. The fraction of sp³-hybridized carbons (Fsp3) is 0.667. The van der Waals surface area contributed by atoms with Gasteiger partial charge in [0, 0.05) is 36.6 Å². The largest absolute Gasteiger partial charge is 0.493 e. The molecule has 3 nitrogen and oxygen atoms in total. The van der Waals surface area contributed by atoms with E-state index in [4.69, 9.17) is 10.5 Å². The van der Waals surface area contributed by atoms with Crippen LogP contribution in [0.25, 0.3) is 0 Å². The number of rotatable bonds is 4. The predicted molar refractivity (Wildman–Crippen MR) is 88.9 cm³/mol. The number of hydrogen-bond acceptors (Lipinski definition) is 3. The zero-order valence-corrected chi connectivity index (χ0v) is 13.2. The van der Waals surface area contributed by atoms with Crippen LogP contribution in [-0.2, 0) is 0 Å². The Labute approximate surface area is 128 Å². The van der Waals surface area contributed by atoms with E-state index in [1.54, 1.807) is 0 Å². The van der Waals surface area contributed by atoms with Crippen molar-refractivity contribution in [1.29, 1.82) is 0 Å². The maximum atomic E-state index is 6.06. The molecule has 2 atom stereocenters. The van der Waals surface area contributed by atoms with Gasteiger partial charge in [-0.05, 0) is 37.2 Å². The van der Waals surface area contributed by atoms with E-state index in [2.05, 4.69) is 24.0 Å². The zero-order chi connectivity index (χ0) is 14.7. The van der Waals surface area contributed by atoms with Gasteiger partial charge in [-0.2, -0.15) is 0 Å². The number of nitrogens with zero attached hydrogens (tertiary/aromatic N) is 1. The molecule has 1 saturated carbocycles. The lowest BCUT2D eigenvalue weighted by atomic mass is 9.75. The molecule has 1 aliphatic carbocycles. The highest BCUT2D eigenvalue weighted by molar-refractivity contribution is 5.60. The van der Waals surface area contributed by atoms with Gasteiger partial charge < -0.3 is 15.4 Å². The van der Waals surface area contributed by atoms with Crippen molar-refractivity contribution in [1.82, 2.24) is 0 Å². The van der Waals surface area contributed by atoms with Gasteiger partial charge in [0.05, 0.1) is 6.61 Å². The first kappa shape index (κ1) is 14.6. The summed E-state index contributed by atoms with van der Waals surface area (Å²) in [7, 11) is 0. The molecule has 2 fully saturated rings. The number of nitrogen functional groups attached to an aromatic ring is 1. The molecule has 1 aliphatic heterocycles. The maximum Gasteiger partial charge on any atom is 0.123 e. The van der Waals surface area contributed by atoms with E-state index < -0.39 is 0 Å². The molecular formula is C18H28N2O. The molecule has 0 aromatic heterocycles. The van der Waals surface area contributed by atoms with Gasteiger partial charge in [-0.25, -0.2) is 0 Å². The van der Waals surface area contributed by atoms with Crippen LogP contribution in [0.3, 0.4) is 0 Å². The molecule has 3 rings (SSSR count). The van der Waals surface area contributed by atoms with Crippen molar-refractivity contribution < 1.29 is 4.74 Å². The van der Waals surface area contributed by atoms with Crippen molar-refractivity contribution in [3.8, 4) is 5.75 Å². The van der Waals surface area contributed by atoms with Gasteiger partial charge in [-0.1, -0.05) is 26.2 Å². The summed E-state index contributed by atoms with van der Waals surface area (Å²) in [6, 6.07) is 6.20. The second-order valence-electron chi connectivity index (χ2n) is 6.65. The molecular weight excluding hydrogens is 260 g/mol. The summed E-state index contributed by atoms with van der Waals surface area (Å²) in [5.74, 6) is 2.76. The van der Waals surface area contributed by atoms with E-state index in [0.29, 0.717) is 0 Å². The maximum absolute atomic E-state index is 6.06. The first-order valence-corrected chi connectivity index (χ1v) is 8.54.